The maximum absolute atomic E-state index is 13.3. The van der Waals surface area contributed by atoms with Crippen LogP contribution in [-0.4, -0.2) is 30.5 Å². The molecule has 0 saturated heterocycles. The molecular formula is C22H20N2O6. The Hall–Kier alpha value is -3.94. The van der Waals surface area contributed by atoms with Crippen molar-refractivity contribution in [3.8, 4) is 5.75 Å². The number of nitro benzene ring substituents is 1. The number of methoxy groups -OCH3 is 1. The summed E-state index contributed by atoms with van der Waals surface area (Å²) >= 11 is 0. The topological polar surface area (TPSA) is 99.0 Å². The van der Waals surface area contributed by atoms with Gasteiger partial charge in [0, 0.05) is 29.1 Å². The fourth-order valence-corrected chi connectivity index (χ4v) is 3.26. The smallest absolute Gasteiger partial charge is 0.340 e. The number of nitrogens with zero attached hydrogens (tertiary/aromatic N) is 2. The van der Waals surface area contributed by atoms with Crippen LogP contribution in [0.1, 0.15) is 19.4 Å². The van der Waals surface area contributed by atoms with E-state index < -0.39 is 16.8 Å². The summed E-state index contributed by atoms with van der Waals surface area (Å²) in [4.78, 5) is 37.5. The molecule has 0 fully saturated rings. The molecule has 2 aromatic rings. The zero-order valence-corrected chi connectivity index (χ0v) is 16.7. The summed E-state index contributed by atoms with van der Waals surface area (Å²) in [7, 11) is 1.24. The number of hydrogen-bond donors (Lipinski definition) is 0. The number of carbonyl (C=O) groups excluding carboxylic acids is 2. The highest BCUT2D eigenvalue weighted by molar-refractivity contribution is 6.23. The molecule has 8 nitrogen and oxygen atoms in total. The van der Waals surface area contributed by atoms with Crippen LogP contribution < -0.4 is 9.64 Å². The minimum absolute atomic E-state index is 0.0957. The largest absolute Gasteiger partial charge is 0.493 e. The second kappa shape index (κ2) is 8.60. The fourth-order valence-electron chi connectivity index (χ4n) is 3.26. The van der Waals surface area contributed by atoms with Gasteiger partial charge in [-0.05, 0) is 38.1 Å². The molecule has 0 bridgehead atoms. The summed E-state index contributed by atoms with van der Waals surface area (Å²) in [6.45, 7) is 3.92. The third kappa shape index (κ3) is 3.80. The molecule has 1 aliphatic heterocycles. The van der Waals surface area contributed by atoms with Crippen LogP contribution in [0.3, 0.4) is 0 Å². The highest BCUT2D eigenvalue weighted by Crippen LogP contribution is 2.36. The molecule has 0 atom stereocenters. The first-order chi connectivity index (χ1) is 14.4. The van der Waals surface area contributed by atoms with Crippen LogP contribution in [-0.2, 0) is 14.3 Å². The Morgan fingerprint density at radius 1 is 1.17 bits per heavy atom. The van der Waals surface area contributed by atoms with Crippen molar-refractivity contribution in [2.45, 2.75) is 13.8 Å². The monoisotopic (exact) mass is 408 g/mol. The molecule has 0 radical (unpaired) electrons. The molecule has 0 N–H and O–H groups in total. The van der Waals surface area contributed by atoms with E-state index in [1.807, 2.05) is 13.0 Å². The normalized spacial score (nSPS) is 15.0. The predicted octanol–water partition coefficient (Wildman–Crippen LogP) is 3.87. The van der Waals surface area contributed by atoms with Crippen LogP contribution >= 0.6 is 0 Å². The van der Waals surface area contributed by atoms with Crippen molar-refractivity contribution in [1.82, 2.24) is 0 Å². The number of esters is 1. The highest BCUT2D eigenvalue weighted by Gasteiger charge is 2.38. The molecular weight excluding hydrogens is 388 g/mol. The molecule has 1 aliphatic rings. The Balaban J connectivity index is 2.12. The van der Waals surface area contributed by atoms with E-state index in [0.717, 1.165) is 0 Å². The number of benzene rings is 2. The summed E-state index contributed by atoms with van der Waals surface area (Å²) in [5.74, 6) is -0.505. The maximum Gasteiger partial charge on any atom is 0.340 e. The van der Waals surface area contributed by atoms with Crippen molar-refractivity contribution in [2.24, 2.45) is 0 Å². The van der Waals surface area contributed by atoms with E-state index in [4.69, 9.17) is 9.47 Å². The first-order valence-corrected chi connectivity index (χ1v) is 9.21. The number of carbonyl (C=O) groups is 2. The van der Waals surface area contributed by atoms with Gasteiger partial charge < -0.3 is 9.47 Å². The number of hydrogen-bond acceptors (Lipinski definition) is 6. The Kier molecular flexibility index (Phi) is 5.96. The van der Waals surface area contributed by atoms with Crippen molar-refractivity contribution in [1.29, 1.82) is 0 Å². The zero-order chi connectivity index (χ0) is 21.8. The molecule has 1 heterocycles. The average Bonchev–Trinajstić information content (AvgIpc) is 2.98. The fraction of sp³-hybridized carbons (Fsp3) is 0.182. The van der Waals surface area contributed by atoms with E-state index in [9.17, 15) is 19.7 Å². The Labute approximate surface area is 173 Å². The van der Waals surface area contributed by atoms with Gasteiger partial charge in [-0.3, -0.25) is 19.8 Å². The quantitative estimate of drug-likeness (QED) is 0.311. The Bertz CT molecular complexity index is 1070. The molecule has 0 aliphatic carbocycles. The molecule has 0 aromatic heterocycles. The van der Waals surface area contributed by atoms with E-state index in [1.165, 1.54) is 36.3 Å². The second-order valence-electron chi connectivity index (χ2n) is 6.39. The number of amides is 1. The van der Waals surface area contributed by atoms with Crippen molar-refractivity contribution in [2.75, 3.05) is 18.6 Å². The molecule has 3 rings (SSSR count). The molecule has 154 valence electrons. The van der Waals surface area contributed by atoms with Crippen LogP contribution in [0.25, 0.3) is 6.08 Å². The number of anilines is 1. The number of nitro groups is 1. The van der Waals surface area contributed by atoms with Gasteiger partial charge in [0.15, 0.2) is 0 Å². The van der Waals surface area contributed by atoms with E-state index in [0.29, 0.717) is 29.3 Å². The Morgan fingerprint density at radius 3 is 2.43 bits per heavy atom. The van der Waals surface area contributed by atoms with E-state index >= 15 is 0 Å². The molecule has 0 spiro atoms. The minimum Gasteiger partial charge on any atom is -0.493 e. The van der Waals surface area contributed by atoms with E-state index in [1.54, 1.807) is 31.2 Å². The lowest BCUT2D eigenvalue weighted by Gasteiger charge is -2.17. The number of para-hydroxylation sites is 1. The molecule has 2 aromatic carbocycles. The number of allylic oxidation sites excluding steroid dienone is 1. The molecule has 30 heavy (non-hydrogen) atoms. The summed E-state index contributed by atoms with van der Waals surface area (Å²) in [5, 5.41) is 10.9. The lowest BCUT2D eigenvalue weighted by Crippen LogP contribution is -2.24. The van der Waals surface area contributed by atoms with Crippen LogP contribution in [0.2, 0.25) is 0 Å². The van der Waals surface area contributed by atoms with Gasteiger partial charge in [0.05, 0.1) is 29.8 Å². The SMILES string of the molecule is CCOc1ccccc1/C=C1\C(=O)N(c2ccc([N+](=O)[O-])cc2)C(C)=C1C(=O)OC. The van der Waals surface area contributed by atoms with Gasteiger partial charge in [0.2, 0.25) is 0 Å². The van der Waals surface area contributed by atoms with Crippen molar-refractivity contribution < 1.29 is 24.0 Å². The highest BCUT2D eigenvalue weighted by atomic mass is 16.6. The minimum atomic E-state index is -0.648. The van der Waals surface area contributed by atoms with Gasteiger partial charge >= 0.3 is 5.97 Å². The molecule has 0 unspecified atom stereocenters. The molecule has 0 saturated carbocycles. The lowest BCUT2D eigenvalue weighted by atomic mass is 10.0. The number of ether oxygens (including phenoxy) is 2. The standard InChI is InChI=1S/C22H20N2O6/c1-4-30-19-8-6-5-7-15(19)13-18-20(22(26)29-3)14(2)23(21(18)25)16-9-11-17(12-10-16)24(27)28/h5-13H,4H2,1-3H3/b18-13-. The lowest BCUT2D eigenvalue weighted by molar-refractivity contribution is -0.384. The summed E-state index contributed by atoms with van der Waals surface area (Å²) < 4.78 is 10.5. The molecule has 1 amide bonds. The second-order valence-corrected chi connectivity index (χ2v) is 6.39. The third-order valence-electron chi connectivity index (χ3n) is 4.63. The van der Waals surface area contributed by atoms with Crippen molar-refractivity contribution in [3.05, 3.63) is 81.1 Å². The van der Waals surface area contributed by atoms with Crippen LogP contribution in [0.5, 0.6) is 5.75 Å². The van der Waals surface area contributed by atoms with Crippen molar-refractivity contribution >= 4 is 29.3 Å². The van der Waals surface area contributed by atoms with Crippen molar-refractivity contribution in [3.63, 3.8) is 0 Å². The Morgan fingerprint density at radius 2 is 1.83 bits per heavy atom. The molecule has 8 heteroatoms. The van der Waals surface area contributed by atoms with Gasteiger partial charge in [-0.1, -0.05) is 18.2 Å². The van der Waals surface area contributed by atoms with Crippen LogP contribution in [0, 0.1) is 10.1 Å². The summed E-state index contributed by atoms with van der Waals surface area (Å²) in [6, 6.07) is 12.7. The maximum atomic E-state index is 13.3. The van der Waals surface area contributed by atoms with Gasteiger partial charge in [0.25, 0.3) is 11.6 Å². The predicted molar refractivity (Wildman–Crippen MR) is 111 cm³/mol. The first-order valence-electron chi connectivity index (χ1n) is 9.21. The van der Waals surface area contributed by atoms with Crippen LogP contribution in [0.4, 0.5) is 11.4 Å². The zero-order valence-electron chi connectivity index (χ0n) is 16.7. The summed E-state index contributed by atoms with van der Waals surface area (Å²) in [5.41, 5.74) is 1.62. The van der Waals surface area contributed by atoms with E-state index in [2.05, 4.69) is 0 Å². The summed E-state index contributed by atoms with van der Waals surface area (Å²) in [6.07, 6.45) is 1.59. The average molecular weight is 408 g/mol. The first kappa shape index (κ1) is 20.8. The number of non-ortho nitro benzene ring substituents is 1. The van der Waals surface area contributed by atoms with E-state index in [-0.39, 0.29) is 16.8 Å². The third-order valence-corrected chi connectivity index (χ3v) is 4.63. The van der Waals surface area contributed by atoms with Gasteiger partial charge in [-0.25, -0.2) is 4.79 Å². The van der Waals surface area contributed by atoms with Crippen LogP contribution in [0.15, 0.2) is 65.4 Å². The van der Waals surface area contributed by atoms with Gasteiger partial charge in [-0.2, -0.15) is 0 Å². The number of rotatable bonds is 6. The van der Waals surface area contributed by atoms with Gasteiger partial charge in [0.1, 0.15) is 5.75 Å². The van der Waals surface area contributed by atoms with Gasteiger partial charge in [-0.15, -0.1) is 0 Å².